The van der Waals surface area contributed by atoms with E-state index in [1.165, 1.54) is 0 Å². The predicted octanol–water partition coefficient (Wildman–Crippen LogP) is 2.34. The fourth-order valence-electron chi connectivity index (χ4n) is 2.24. The molecule has 0 fully saturated rings. The lowest BCUT2D eigenvalue weighted by molar-refractivity contribution is -0.116. The Balaban J connectivity index is 1.72. The number of rotatable bonds is 3. The number of hydrogen-bond acceptors (Lipinski definition) is 3. The van der Waals surface area contributed by atoms with Crippen molar-refractivity contribution in [1.29, 1.82) is 0 Å². The summed E-state index contributed by atoms with van der Waals surface area (Å²) in [5.74, 6) is 0.288. The number of carbonyl (C=O) groups excluding carboxylic acids is 2. The average molecular weight is 296 g/mol. The molecule has 0 saturated heterocycles. The summed E-state index contributed by atoms with van der Waals surface area (Å²) >= 11 is 0. The second kappa shape index (κ2) is 6.30. The number of amides is 2. The minimum absolute atomic E-state index is 0.111. The molecule has 2 N–H and O–H groups in total. The van der Waals surface area contributed by atoms with E-state index in [2.05, 4.69) is 10.6 Å². The van der Waals surface area contributed by atoms with Crippen LogP contribution in [0.2, 0.25) is 0 Å². The Kier molecular flexibility index (Phi) is 4.05. The van der Waals surface area contributed by atoms with Crippen LogP contribution in [0, 0.1) is 0 Å². The third-order valence-corrected chi connectivity index (χ3v) is 3.40. The van der Waals surface area contributed by atoms with Gasteiger partial charge >= 0.3 is 0 Å². The van der Waals surface area contributed by atoms with Crippen molar-refractivity contribution in [2.75, 3.05) is 11.9 Å². The average Bonchev–Trinajstić information content (AvgIpc) is 2.73. The normalized spacial score (nSPS) is 13.4. The molecule has 0 radical (unpaired) electrons. The van der Waals surface area contributed by atoms with Gasteiger partial charge in [-0.1, -0.05) is 30.3 Å². The van der Waals surface area contributed by atoms with Crippen molar-refractivity contribution in [2.45, 2.75) is 13.0 Å². The van der Waals surface area contributed by atoms with Gasteiger partial charge in [0.15, 0.2) is 0 Å². The van der Waals surface area contributed by atoms with Crippen LogP contribution in [0.15, 0.2) is 48.5 Å². The van der Waals surface area contributed by atoms with Crippen LogP contribution in [-0.2, 0) is 11.3 Å². The van der Waals surface area contributed by atoms with Crippen LogP contribution in [0.25, 0.3) is 0 Å². The topological polar surface area (TPSA) is 67.4 Å². The van der Waals surface area contributed by atoms with E-state index in [-0.39, 0.29) is 11.8 Å². The van der Waals surface area contributed by atoms with E-state index >= 15 is 0 Å². The zero-order chi connectivity index (χ0) is 15.4. The molecule has 0 bridgehead atoms. The Morgan fingerprint density at radius 2 is 2.00 bits per heavy atom. The van der Waals surface area contributed by atoms with Gasteiger partial charge in [-0.3, -0.25) is 9.59 Å². The maximum absolute atomic E-state index is 12.2. The summed E-state index contributed by atoms with van der Waals surface area (Å²) < 4.78 is 5.47. The SMILES string of the molecule is O=C1CCOc2ccc(C(=O)NCc3ccccc3)cc2N1. The van der Waals surface area contributed by atoms with Crippen LogP contribution in [0.3, 0.4) is 0 Å². The molecule has 0 unspecified atom stereocenters. The Hall–Kier alpha value is -2.82. The third-order valence-electron chi connectivity index (χ3n) is 3.40. The first-order valence-corrected chi connectivity index (χ1v) is 7.11. The van der Waals surface area contributed by atoms with Crippen LogP contribution in [-0.4, -0.2) is 18.4 Å². The Morgan fingerprint density at radius 1 is 1.18 bits per heavy atom. The summed E-state index contributed by atoms with van der Waals surface area (Å²) in [5.41, 5.74) is 2.05. The smallest absolute Gasteiger partial charge is 0.251 e. The minimum Gasteiger partial charge on any atom is -0.491 e. The number of benzene rings is 2. The van der Waals surface area contributed by atoms with Crippen molar-refractivity contribution >= 4 is 17.5 Å². The molecule has 1 aliphatic rings. The molecule has 22 heavy (non-hydrogen) atoms. The Morgan fingerprint density at radius 3 is 2.82 bits per heavy atom. The summed E-state index contributed by atoms with van der Waals surface area (Å²) in [6.07, 6.45) is 0.310. The summed E-state index contributed by atoms with van der Waals surface area (Å²) in [7, 11) is 0. The lowest BCUT2D eigenvalue weighted by atomic mass is 10.1. The van der Waals surface area contributed by atoms with Crippen LogP contribution < -0.4 is 15.4 Å². The fraction of sp³-hybridized carbons (Fsp3) is 0.176. The molecule has 0 aliphatic carbocycles. The molecule has 0 spiro atoms. The highest BCUT2D eigenvalue weighted by Gasteiger charge is 2.16. The van der Waals surface area contributed by atoms with E-state index in [1.807, 2.05) is 30.3 Å². The second-order valence-electron chi connectivity index (χ2n) is 5.03. The molecule has 2 aromatic rings. The standard InChI is InChI=1S/C17H16N2O3/c20-16-8-9-22-15-7-6-13(10-14(15)19-16)17(21)18-11-12-4-2-1-3-5-12/h1-7,10H,8-9,11H2,(H,18,21)(H,19,20). The molecule has 5 heteroatoms. The maximum Gasteiger partial charge on any atom is 0.251 e. The molecule has 0 atom stereocenters. The van der Waals surface area contributed by atoms with Gasteiger partial charge in [0.1, 0.15) is 5.75 Å². The van der Waals surface area contributed by atoms with E-state index in [0.717, 1.165) is 5.56 Å². The Bertz CT molecular complexity index is 698. The van der Waals surface area contributed by atoms with Gasteiger partial charge in [0.2, 0.25) is 5.91 Å². The van der Waals surface area contributed by atoms with E-state index < -0.39 is 0 Å². The van der Waals surface area contributed by atoms with Gasteiger partial charge in [-0.15, -0.1) is 0 Å². The number of fused-ring (bicyclic) bond motifs is 1. The first-order valence-electron chi connectivity index (χ1n) is 7.11. The van der Waals surface area contributed by atoms with Crippen molar-refractivity contribution in [3.05, 3.63) is 59.7 Å². The maximum atomic E-state index is 12.2. The minimum atomic E-state index is -0.190. The van der Waals surface area contributed by atoms with Gasteiger partial charge in [0, 0.05) is 12.1 Å². The van der Waals surface area contributed by atoms with Gasteiger partial charge in [-0.2, -0.15) is 0 Å². The molecule has 5 nitrogen and oxygen atoms in total. The molecule has 0 aromatic heterocycles. The molecule has 3 rings (SSSR count). The van der Waals surface area contributed by atoms with E-state index in [1.54, 1.807) is 18.2 Å². The van der Waals surface area contributed by atoms with Crippen LogP contribution in [0.1, 0.15) is 22.3 Å². The van der Waals surface area contributed by atoms with Crippen molar-refractivity contribution < 1.29 is 14.3 Å². The van der Waals surface area contributed by atoms with E-state index in [9.17, 15) is 9.59 Å². The molecule has 2 amide bonds. The predicted molar refractivity (Wildman–Crippen MR) is 82.8 cm³/mol. The number of anilines is 1. The molecular weight excluding hydrogens is 280 g/mol. The number of carbonyl (C=O) groups is 2. The quantitative estimate of drug-likeness (QED) is 0.913. The van der Waals surface area contributed by atoms with E-state index in [4.69, 9.17) is 4.74 Å². The lowest BCUT2D eigenvalue weighted by Gasteiger charge is -2.10. The van der Waals surface area contributed by atoms with Crippen molar-refractivity contribution in [3.63, 3.8) is 0 Å². The molecule has 112 valence electrons. The van der Waals surface area contributed by atoms with Gasteiger partial charge in [0.05, 0.1) is 18.7 Å². The first-order chi connectivity index (χ1) is 10.7. The Labute approximate surface area is 128 Å². The van der Waals surface area contributed by atoms with Gasteiger partial charge in [-0.25, -0.2) is 0 Å². The zero-order valence-corrected chi connectivity index (χ0v) is 12.0. The summed E-state index contributed by atoms with van der Waals surface area (Å²) in [6.45, 7) is 0.804. The summed E-state index contributed by atoms with van der Waals surface area (Å²) in [5, 5.41) is 5.60. The summed E-state index contributed by atoms with van der Waals surface area (Å²) in [4.78, 5) is 23.8. The van der Waals surface area contributed by atoms with Crippen LogP contribution in [0.5, 0.6) is 5.75 Å². The number of ether oxygens (including phenoxy) is 1. The van der Waals surface area contributed by atoms with Crippen LogP contribution in [0.4, 0.5) is 5.69 Å². The van der Waals surface area contributed by atoms with Gasteiger partial charge in [-0.05, 0) is 23.8 Å². The lowest BCUT2D eigenvalue weighted by Crippen LogP contribution is -2.23. The largest absolute Gasteiger partial charge is 0.491 e. The highest BCUT2D eigenvalue weighted by molar-refractivity contribution is 5.98. The molecule has 1 aliphatic heterocycles. The molecule has 2 aromatic carbocycles. The van der Waals surface area contributed by atoms with Gasteiger partial charge in [0.25, 0.3) is 5.91 Å². The van der Waals surface area contributed by atoms with Gasteiger partial charge < -0.3 is 15.4 Å². The van der Waals surface area contributed by atoms with Crippen molar-refractivity contribution in [3.8, 4) is 5.75 Å². The zero-order valence-electron chi connectivity index (χ0n) is 12.0. The first kappa shape index (κ1) is 14.1. The summed E-state index contributed by atoms with van der Waals surface area (Å²) in [6, 6.07) is 14.7. The highest BCUT2D eigenvalue weighted by Crippen LogP contribution is 2.28. The van der Waals surface area contributed by atoms with E-state index in [0.29, 0.717) is 36.6 Å². The second-order valence-corrected chi connectivity index (χ2v) is 5.03. The molecular formula is C17H16N2O3. The fourth-order valence-corrected chi connectivity index (χ4v) is 2.24. The number of hydrogen-bond donors (Lipinski definition) is 2. The molecule has 1 heterocycles. The highest BCUT2D eigenvalue weighted by atomic mass is 16.5. The molecule has 0 saturated carbocycles. The third kappa shape index (κ3) is 3.25. The number of nitrogens with one attached hydrogen (secondary N) is 2. The van der Waals surface area contributed by atoms with Crippen molar-refractivity contribution in [2.24, 2.45) is 0 Å². The van der Waals surface area contributed by atoms with Crippen LogP contribution >= 0.6 is 0 Å². The monoisotopic (exact) mass is 296 g/mol. The van der Waals surface area contributed by atoms with Crippen molar-refractivity contribution in [1.82, 2.24) is 5.32 Å².